The van der Waals surface area contributed by atoms with E-state index in [1.54, 1.807) is 36.8 Å². The van der Waals surface area contributed by atoms with Crippen molar-refractivity contribution in [2.75, 3.05) is 11.1 Å². The molecule has 0 aliphatic carbocycles. The highest BCUT2D eigenvalue weighted by atomic mass is 32.2. The van der Waals surface area contributed by atoms with Gasteiger partial charge in [0.2, 0.25) is 5.13 Å². The van der Waals surface area contributed by atoms with E-state index in [1.807, 2.05) is 30.3 Å². The molecule has 0 radical (unpaired) electrons. The van der Waals surface area contributed by atoms with Crippen LogP contribution in [0, 0.1) is 0 Å². The van der Waals surface area contributed by atoms with Crippen molar-refractivity contribution >= 4 is 45.1 Å². The number of aryl methyl sites for hydroxylation is 2. The monoisotopic (exact) mass is 429 g/mol. The van der Waals surface area contributed by atoms with Crippen molar-refractivity contribution in [3.05, 3.63) is 57.5 Å². The summed E-state index contributed by atoms with van der Waals surface area (Å²) in [7, 11) is 3.38. The number of fused-ring (bicyclic) bond motifs is 1. The van der Waals surface area contributed by atoms with Crippen molar-refractivity contribution in [3.8, 4) is 0 Å². The zero-order valence-corrected chi connectivity index (χ0v) is 17.5. The van der Waals surface area contributed by atoms with Crippen molar-refractivity contribution in [2.24, 2.45) is 14.1 Å². The Morgan fingerprint density at radius 1 is 1.14 bits per heavy atom. The van der Waals surface area contributed by atoms with E-state index in [0.29, 0.717) is 24.1 Å². The fraction of sp³-hybridized carbons (Fsp3) is 0.278. The molecular formula is C18H19N7O2S2. The van der Waals surface area contributed by atoms with Crippen LogP contribution in [0.15, 0.2) is 50.6 Å². The third-order valence-electron chi connectivity index (χ3n) is 4.38. The summed E-state index contributed by atoms with van der Waals surface area (Å²) in [6.45, 7) is 0.341. The molecule has 0 atom stereocenters. The van der Waals surface area contributed by atoms with Crippen LogP contribution in [0.3, 0.4) is 0 Å². The Kier molecular flexibility index (Phi) is 5.49. The first kappa shape index (κ1) is 19.4. The summed E-state index contributed by atoms with van der Waals surface area (Å²) in [4.78, 5) is 29.3. The van der Waals surface area contributed by atoms with Crippen LogP contribution in [0.25, 0.3) is 11.2 Å². The number of benzene rings is 1. The summed E-state index contributed by atoms with van der Waals surface area (Å²) in [5.41, 5.74) is 1.14. The molecule has 0 saturated heterocycles. The van der Waals surface area contributed by atoms with Gasteiger partial charge in [0.15, 0.2) is 15.5 Å². The van der Waals surface area contributed by atoms with Crippen LogP contribution in [-0.4, -0.2) is 34.6 Å². The highest BCUT2D eigenvalue weighted by Crippen LogP contribution is 2.27. The average molecular weight is 430 g/mol. The molecule has 3 aromatic heterocycles. The van der Waals surface area contributed by atoms with E-state index in [1.165, 1.54) is 20.5 Å². The molecule has 0 bridgehead atoms. The number of nitrogens with one attached hydrogen (secondary N) is 1. The van der Waals surface area contributed by atoms with Gasteiger partial charge in [-0.1, -0.05) is 41.3 Å². The van der Waals surface area contributed by atoms with Crippen molar-refractivity contribution in [1.82, 2.24) is 28.9 Å². The third-order valence-corrected chi connectivity index (χ3v) is 6.44. The van der Waals surface area contributed by atoms with Crippen LogP contribution in [0.4, 0.5) is 10.8 Å². The summed E-state index contributed by atoms with van der Waals surface area (Å²) in [5.74, 6) is 0.721. The molecule has 4 aromatic rings. The molecule has 0 aliphatic heterocycles. The standard InChI is InChI=1S/C18H19N7O2S2/c1-23-11-19-14-13(23)15(26)25(18(27)24(14)2)9-6-10-28-17-22-21-16(29-17)20-12-7-4-3-5-8-12/h3-5,7-8,11H,6,9-10H2,1-2H3,(H,20,21). The molecule has 0 spiro atoms. The lowest BCUT2D eigenvalue weighted by molar-refractivity contribution is 0.594. The number of para-hydroxylation sites is 1. The van der Waals surface area contributed by atoms with Crippen molar-refractivity contribution in [3.63, 3.8) is 0 Å². The van der Waals surface area contributed by atoms with Gasteiger partial charge in [0.05, 0.1) is 6.33 Å². The van der Waals surface area contributed by atoms with Gasteiger partial charge in [-0.2, -0.15) is 0 Å². The van der Waals surface area contributed by atoms with Crippen LogP contribution in [0.5, 0.6) is 0 Å². The van der Waals surface area contributed by atoms with Crippen molar-refractivity contribution in [2.45, 2.75) is 17.3 Å². The van der Waals surface area contributed by atoms with Gasteiger partial charge < -0.3 is 9.88 Å². The average Bonchev–Trinajstić information content (AvgIpc) is 3.33. The highest BCUT2D eigenvalue weighted by molar-refractivity contribution is 8.01. The number of aromatic nitrogens is 6. The van der Waals surface area contributed by atoms with Gasteiger partial charge >= 0.3 is 5.69 Å². The largest absolute Gasteiger partial charge is 0.332 e. The smallest absolute Gasteiger partial charge is 0.330 e. The minimum absolute atomic E-state index is 0.307. The van der Waals surface area contributed by atoms with E-state index < -0.39 is 0 Å². The van der Waals surface area contributed by atoms with Gasteiger partial charge in [0, 0.05) is 32.1 Å². The maximum absolute atomic E-state index is 12.7. The molecule has 150 valence electrons. The summed E-state index contributed by atoms with van der Waals surface area (Å²) in [6.07, 6.45) is 2.20. The predicted octanol–water partition coefficient (Wildman–Crippen LogP) is 2.21. The predicted molar refractivity (Wildman–Crippen MR) is 115 cm³/mol. The van der Waals surface area contributed by atoms with Gasteiger partial charge in [-0.05, 0) is 18.6 Å². The Labute approximate surface area is 174 Å². The Morgan fingerprint density at radius 3 is 2.72 bits per heavy atom. The van der Waals surface area contributed by atoms with E-state index in [9.17, 15) is 9.59 Å². The van der Waals surface area contributed by atoms with Gasteiger partial charge in [0.1, 0.15) is 0 Å². The maximum atomic E-state index is 12.7. The fourth-order valence-electron chi connectivity index (χ4n) is 2.94. The quantitative estimate of drug-likeness (QED) is 0.355. The molecule has 0 amide bonds. The number of anilines is 2. The number of thioether (sulfide) groups is 1. The summed E-state index contributed by atoms with van der Waals surface area (Å²) >= 11 is 3.03. The number of hydrogen-bond donors (Lipinski definition) is 1. The maximum Gasteiger partial charge on any atom is 0.332 e. The van der Waals surface area contributed by atoms with Gasteiger partial charge in [-0.25, -0.2) is 9.78 Å². The molecule has 0 unspecified atom stereocenters. The molecule has 4 rings (SSSR count). The first-order chi connectivity index (χ1) is 14.0. The second-order valence-electron chi connectivity index (χ2n) is 6.39. The van der Waals surface area contributed by atoms with Gasteiger partial charge in [-0.15, -0.1) is 10.2 Å². The van der Waals surface area contributed by atoms with E-state index in [-0.39, 0.29) is 11.2 Å². The minimum atomic E-state index is -0.350. The van der Waals surface area contributed by atoms with Gasteiger partial charge in [0.25, 0.3) is 5.56 Å². The van der Waals surface area contributed by atoms with Crippen LogP contribution in [0.1, 0.15) is 6.42 Å². The lowest BCUT2D eigenvalue weighted by Gasteiger charge is -2.08. The molecule has 9 nitrogen and oxygen atoms in total. The summed E-state index contributed by atoms with van der Waals surface area (Å²) < 4.78 is 5.17. The SMILES string of the molecule is Cn1cnc2c1c(=O)n(CCCSc1nnc(Nc3ccccc3)s1)c(=O)n2C. The number of hydrogen-bond acceptors (Lipinski definition) is 8. The lowest BCUT2D eigenvalue weighted by Crippen LogP contribution is -2.39. The number of imidazole rings is 1. The fourth-order valence-corrected chi connectivity index (χ4v) is 4.71. The van der Waals surface area contributed by atoms with E-state index in [2.05, 4.69) is 20.5 Å². The van der Waals surface area contributed by atoms with Gasteiger partial charge in [-0.3, -0.25) is 13.9 Å². The van der Waals surface area contributed by atoms with E-state index >= 15 is 0 Å². The van der Waals surface area contributed by atoms with Crippen LogP contribution < -0.4 is 16.6 Å². The number of nitrogens with zero attached hydrogens (tertiary/aromatic N) is 6. The molecule has 1 N–H and O–H groups in total. The Balaban J connectivity index is 1.39. The molecule has 11 heteroatoms. The first-order valence-corrected chi connectivity index (χ1v) is 10.7. The first-order valence-electron chi connectivity index (χ1n) is 8.94. The number of rotatable bonds is 7. The second-order valence-corrected chi connectivity index (χ2v) is 8.71. The third kappa shape index (κ3) is 3.96. The summed E-state index contributed by atoms with van der Waals surface area (Å²) in [5, 5.41) is 12.3. The second kappa shape index (κ2) is 8.21. The Morgan fingerprint density at radius 2 is 1.93 bits per heavy atom. The van der Waals surface area contributed by atoms with E-state index in [0.717, 1.165) is 20.9 Å². The van der Waals surface area contributed by atoms with E-state index in [4.69, 9.17) is 0 Å². The molecule has 1 aromatic carbocycles. The zero-order chi connectivity index (χ0) is 20.4. The minimum Gasteiger partial charge on any atom is -0.330 e. The molecule has 0 aliphatic rings. The Bertz CT molecular complexity index is 1260. The zero-order valence-electron chi connectivity index (χ0n) is 15.9. The van der Waals surface area contributed by atoms with Crippen molar-refractivity contribution in [1.29, 1.82) is 0 Å². The topological polar surface area (TPSA) is 99.6 Å². The van der Waals surface area contributed by atoms with Crippen LogP contribution >= 0.6 is 23.1 Å². The molecule has 0 fully saturated rings. The highest BCUT2D eigenvalue weighted by Gasteiger charge is 2.14. The van der Waals surface area contributed by atoms with Crippen LogP contribution in [0.2, 0.25) is 0 Å². The molecular weight excluding hydrogens is 410 g/mol. The molecule has 29 heavy (non-hydrogen) atoms. The molecule has 3 heterocycles. The Hall–Kier alpha value is -2.92. The molecule has 0 saturated carbocycles. The van der Waals surface area contributed by atoms with Crippen molar-refractivity contribution < 1.29 is 0 Å². The van der Waals surface area contributed by atoms with Crippen LogP contribution in [-0.2, 0) is 20.6 Å². The normalized spacial score (nSPS) is 11.2. The summed E-state index contributed by atoms with van der Waals surface area (Å²) in [6, 6.07) is 9.79. The lowest BCUT2D eigenvalue weighted by atomic mass is 10.3.